The van der Waals surface area contributed by atoms with Crippen LogP contribution in [0.1, 0.15) is 32.1 Å². The van der Waals surface area contributed by atoms with Crippen molar-refractivity contribution in [1.29, 1.82) is 0 Å². The molecule has 0 aromatic rings. The maximum absolute atomic E-state index is 11.7. The van der Waals surface area contributed by atoms with Crippen molar-refractivity contribution in [2.75, 3.05) is 13.2 Å². The molecule has 2 aliphatic rings. The van der Waals surface area contributed by atoms with Crippen LogP contribution in [-0.4, -0.2) is 19.0 Å². The van der Waals surface area contributed by atoms with Crippen LogP contribution in [0, 0.1) is 5.92 Å². The number of carbonyl (C=O) groups excluding carboxylic acids is 1. The fourth-order valence-electron chi connectivity index (χ4n) is 2.05. The molecular formula is C11H16O2. The second kappa shape index (κ2) is 4.05. The summed E-state index contributed by atoms with van der Waals surface area (Å²) in [5.41, 5.74) is 1.36. The molecule has 1 aliphatic carbocycles. The van der Waals surface area contributed by atoms with Crippen molar-refractivity contribution in [2.45, 2.75) is 32.1 Å². The Kier molecular flexibility index (Phi) is 2.79. The van der Waals surface area contributed by atoms with E-state index < -0.39 is 0 Å². The summed E-state index contributed by atoms with van der Waals surface area (Å²) in [5.74, 6) is 0.590. The Morgan fingerprint density at radius 1 is 1.62 bits per heavy atom. The fraction of sp³-hybridized carbons (Fsp3) is 0.727. The van der Waals surface area contributed by atoms with Gasteiger partial charge in [-0.15, -0.1) is 0 Å². The molecule has 0 aromatic heterocycles. The van der Waals surface area contributed by atoms with E-state index in [9.17, 15) is 4.79 Å². The number of Topliss-reactive ketones (excluding diaryl/α,β-unsaturated/α-hetero) is 1. The fourth-order valence-corrected chi connectivity index (χ4v) is 2.05. The van der Waals surface area contributed by atoms with E-state index in [0.717, 1.165) is 19.4 Å². The van der Waals surface area contributed by atoms with Gasteiger partial charge < -0.3 is 4.74 Å². The molecule has 2 heteroatoms. The number of allylic oxidation sites excluding steroid dienone is 2. The lowest BCUT2D eigenvalue weighted by Crippen LogP contribution is -2.14. The van der Waals surface area contributed by atoms with Gasteiger partial charge in [-0.05, 0) is 25.7 Å². The van der Waals surface area contributed by atoms with Crippen LogP contribution < -0.4 is 0 Å². The Morgan fingerprint density at radius 3 is 3.15 bits per heavy atom. The monoisotopic (exact) mass is 180 g/mol. The van der Waals surface area contributed by atoms with Crippen LogP contribution in [0.4, 0.5) is 0 Å². The lowest BCUT2D eigenvalue weighted by atomic mass is 9.97. The van der Waals surface area contributed by atoms with Crippen molar-refractivity contribution >= 4 is 5.78 Å². The molecule has 1 atom stereocenters. The second-order valence-corrected chi connectivity index (χ2v) is 3.96. The van der Waals surface area contributed by atoms with Gasteiger partial charge in [-0.3, -0.25) is 4.79 Å². The summed E-state index contributed by atoms with van der Waals surface area (Å²) < 4.78 is 5.20. The molecular weight excluding hydrogens is 164 g/mol. The van der Waals surface area contributed by atoms with Crippen molar-refractivity contribution in [2.24, 2.45) is 5.92 Å². The zero-order valence-electron chi connectivity index (χ0n) is 7.92. The highest BCUT2D eigenvalue weighted by Crippen LogP contribution is 2.24. The van der Waals surface area contributed by atoms with Gasteiger partial charge in [0.05, 0.1) is 6.61 Å². The van der Waals surface area contributed by atoms with Gasteiger partial charge in [0.1, 0.15) is 5.78 Å². The van der Waals surface area contributed by atoms with Gasteiger partial charge in [0.25, 0.3) is 0 Å². The molecule has 0 spiro atoms. The van der Waals surface area contributed by atoms with Crippen molar-refractivity contribution < 1.29 is 9.53 Å². The van der Waals surface area contributed by atoms with Gasteiger partial charge in [-0.2, -0.15) is 0 Å². The van der Waals surface area contributed by atoms with Gasteiger partial charge >= 0.3 is 0 Å². The number of hydrogen-bond acceptors (Lipinski definition) is 2. The number of ketones is 1. The molecule has 1 heterocycles. The number of hydrogen-bond donors (Lipinski definition) is 0. The Bertz CT molecular complexity index is 224. The molecule has 0 radical (unpaired) electrons. The molecule has 1 fully saturated rings. The minimum atomic E-state index is 0.196. The zero-order valence-corrected chi connectivity index (χ0v) is 7.92. The molecule has 0 aromatic carbocycles. The molecule has 0 N–H and O–H groups in total. The van der Waals surface area contributed by atoms with Crippen molar-refractivity contribution in [1.82, 2.24) is 0 Å². The zero-order chi connectivity index (χ0) is 9.10. The normalized spacial score (nSPS) is 27.7. The maximum Gasteiger partial charge on any atom is 0.142 e. The lowest BCUT2D eigenvalue weighted by Gasteiger charge is -2.06. The largest absolute Gasteiger partial charge is 0.381 e. The Hall–Kier alpha value is -0.630. The predicted molar refractivity (Wildman–Crippen MR) is 50.5 cm³/mol. The summed E-state index contributed by atoms with van der Waals surface area (Å²) >= 11 is 0. The number of ether oxygens (including phenoxy) is 1. The average Bonchev–Trinajstić information content (AvgIpc) is 2.74. The third-order valence-corrected chi connectivity index (χ3v) is 2.92. The summed E-state index contributed by atoms with van der Waals surface area (Å²) in [6.45, 7) is 1.43. The van der Waals surface area contributed by atoms with Gasteiger partial charge in [-0.1, -0.05) is 11.6 Å². The van der Waals surface area contributed by atoms with E-state index in [1.54, 1.807) is 0 Å². The molecule has 2 nitrogen and oxygen atoms in total. The van der Waals surface area contributed by atoms with Crippen LogP contribution in [0.2, 0.25) is 0 Å². The number of carbonyl (C=O) groups is 1. The summed E-state index contributed by atoms with van der Waals surface area (Å²) in [6.07, 6.45) is 7.40. The van der Waals surface area contributed by atoms with Crippen LogP contribution in [0.25, 0.3) is 0 Å². The average molecular weight is 180 g/mol. The minimum Gasteiger partial charge on any atom is -0.381 e. The van der Waals surface area contributed by atoms with Crippen LogP contribution in [-0.2, 0) is 9.53 Å². The Morgan fingerprint density at radius 2 is 2.54 bits per heavy atom. The van der Waals surface area contributed by atoms with E-state index in [2.05, 4.69) is 6.08 Å². The van der Waals surface area contributed by atoms with Crippen molar-refractivity contribution in [3.05, 3.63) is 11.6 Å². The minimum absolute atomic E-state index is 0.196. The van der Waals surface area contributed by atoms with E-state index in [1.807, 2.05) is 0 Å². The van der Waals surface area contributed by atoms with E-state index >= 15 is 0 Å². The van der Waals surface area contributed by atoms with Crippen LogP contribution in [0.5, 0.6) is 0 Å². The third kappa shape index (κ3) is 2.19. The first-order valence-corrected chi connectivity index (χ1v) is 5.14. The second-order valence-electron chi connectivity index (χ2n) is 3.96. The van der Waals surface area contributed by atoms with Gasteiger partial charge in [-0.25, -0.2) is 0 Å². The Balaban J connectivity index is 1.83. The summed E-state index contributed by atoms with van der Waals surface area (Å²) in [5, 5.41) is 0. The van der Waals surface area contributed by atoms with Crippen LogP contribution in [0.15, 0.2) is 11.6 Å². The summed E-state index contributed by atoms with van der Waals surface area (Å²) in [4.78, 5) is 11.7. The molecule has 2 rings (SSSR count). The van der Waals surface area contributed by atoms with Crippen LogP contribution in [0.3, 0.4) is 0 Å². The molecule has 0 bridgehead atoms. The first-order valence-electron chi connectivity index (χ1n) is 5.14. The maximum atomic E-state index is 11.7. The lowest BCUT2D eigenvalue weighted by molar-refractivity contribution is -0.122. The van der Waals surface area contributed by atoms with E-state index in [-0.39, 0.29) is 5.92 Å². The summed E-state index contributed by atoms with van der Waals surface area (Å²) in [7, 11) is 0. The predicted octanol–water partition coefficient (Wildman–Crippen LogP) is 2.09. The first kappa shape index (κ1) is 8.95. The molecule has 0 amide bonds. The molecule has 72 valence electrons. The quantitative estimate of drug-likeness (QED) is 0.622. The highest BCUT2D eigenvalue weighted by atomic mass is 16.5. The molecule has 0 saturated carbocycles. The topological polar surface area (TPSA) is 26.3 Å². The molecule has 1 aliphatic heterocycles. The Labute approximate surface area is 79.0 Å². The van der Waals surface area contributed by atoms with E-state index in [0.29, 0.717) is 18.8 Å². The highest BCUT2D eigenvalue weighted by Gasteiger charge is 2.24. The van der Waals surface area contributed by atoms with E-state index in [4.69, 9.17) is 4.74 Å². The molecule has 1 unspecified atom stereocenters. The van der Waals surface area contributed by atoms with Crippen molar-refractivity contribution in [3.8, 4) is 0 Å². The van der Waals surface area contributed by atoms with E-state index in [1.165, 1.54) is 18.4 Å². The summed E-state index contributed by atoms with van der Waals surface area (Å²) in [6, 6.07) is 0. The van der Waals surface area contributed by atoms with Gasteiger partial charge in [0.2, 0.25) is 0 Å². The standard InChI is InChI=1S/C11H16O2/c12-11(10-5-6-13-8-10)7-9-3-1-2-4-9/h3,10H,1-2,4-8H2. The smallest absolute Gasteiger partial charge is 0.142 e. The first-order chi connectivity index (χ1) is 6.36. The highest BCUT2D eigenvalue weighted by molar-refractivity contribution is 5.83. The SMILES string of the molecule is O=C(CC1=CCCC1)C1CCOC1. The van der Waals surface area contributed by atoms with Crippen LogP contribution >= 0.6 is 0 Å². The molecule has 13 heavy (non-hydrogen) atoms. The molecule has 1 saturated heterocycles. The van der Waals surface area contributed by atoms with Crippen molar-refractivity contribution in [3.63, 3.8) is 0 Å². The van der Waals surface area contributed by atoms with Gasteiger partial charge in [0, 0.05) is 18.9 Å². The van der Waals surface area contributed by atoms with Gasteiger partial charge in [0.15, 0.2) is 0 Å². The third-order valence-electron chi connectivity index (χ3n) is 2.92. The number of rotatable bonds is 3.